The first-order valence-corrected chi connectivity index (χ1v) is 10.1. The van der Waals surface area contributed by atoms with Crippen molar-refractivity contribution in [3.8, 4) is 0 Å². The number of carbonyl (C=O) groups excluding carboxylic acids is 2. The minimum Gasteiger partial charge on any atom is -0.345 e. The number of aryl methyl sites for hydroxylation is 1. The molecule has 28 heavy (non-hydrogen) atoms. The van der Waals surface area contributed by atoms with Gasteiger partial charge in [0.05, 0.1) is 10.9 Å². The van der Waals surface area contributed by atoms with Crippen LogP contribution in [0.5, 0.6) is 0 Å². The van der Waals surface area contributed by atoms with Crippen molar-refractivity contribution in [2.24, 2.45) is 5.14 Å². The summed E-state index contributed by atoms with van der Waals surface area (Å²) in [5.74, 6) is -0.160. The number of nitrogens with zero attached hydrogens (tertiary/aromatic N) is 1. The molecule has 0 spiro atoms. The van der Waals surface area contributed by atoms with Crippen molar-refractivity contribution in [3.05, 3.63) is 59.2 Å². The van der Waals surface area contributed by atoms with E-state index in [1.54, 1.807) is 51.4 Å². The number of rotatable bonds is 5. The molecule has 0 fully saturated rings. The molecule has 4 N–H and O–H groups in total. The van der Waals surface area contributed by atoms with E-state index >= 15 is 0 Å². The van der Waals surface area contributed by atoms with Gasteiger partial charge in [-0.15, -0.1) is 0 Å². The van der Waals surface area contributed by atoms with Crippen LogP contribution in [0.15, 0.2) is 47.4 Å². The Bertz CT molecular complexity index is 985. The van der Waals surface area contributed by atoms with Gasteiger partial charge in [0.2, 0.25) is 10.0 Å². The van der Waals surface area contributed by atoms with E-state index in [4.69, 9.17) is 5.14 Å². The number of carbonyl (C=O) groups is 2. The van der Waals surface area contributed by atoms with Crippen molar-refractivity contribution in [2.75, 3.05) is 19.4 Å². The third kappa shape index (κ3) is 5.30. The lowest BCUT2D eigenvalue weighted by Crippen LogP contribution is -2.31. The highest BCUT2D eigenvalue weighted by Gasteiger charge is 2.14. The number of benzene rings is 2. The molecule has 2 aromatic carbocycles. The third-order valence-electron chi connectivity index (χ3n) is 4.20. The minimum absolute atomic E-state index is 0.00546. The fraction of sp³-hybridized carbons (Fsp3) is 0.263. The van der Waals surface area contributed by atoms with Gasteiger partial charge in [-0.05, 0) is 49.2 Å². The van der Waals surface area contributed by atoms with Crippen LogP contribution >= 0.6 is 0 Å². The van der Waals surface area contributed by atoms with E-state index in [-0.39, 0.29) is 16.8 Å². The van der Waals surface area contributed by atoms with Crippen molar-refractivity contribution >= 4 is 27.6 Å². The Morgan fingerprint density at radius 3 is 2.21 bits per heavy atom. The van der Waals surface area contributed by atoms with E-state index in [0.717, 1.165) is 11.1 Å². The Labute approximate surface area is 164 Å². The Balaban J connectivity index is 2.09. The molecule has 0 radical (unpaired) electrons. The summed E-state index contributed by atoms with van der Waals surface area (Å²) in [6.07, 6.45) is 0. The number of sulfonamides is 1. The highest BCUT2D eigenvalue weighted by molar-refractivity contribution is 7.89. The molecule has 0 aliphatic heterocycles. The van der Waals surface area contributed by atoms with E-state index in [0.29, 0.717) is 11.3 Å². The van der Waals surface area contributed by atoms with Gasteiger partial charge in [0, 0.05) is 25.3 Å². The largest absolute Gasteiger partial charge is 0.345 e. The van der Waals surface area contributed by atoms with Gasteiger partial charge in [-0.2, -0.15) is 0 Å². The molecule has 150 valence electrons. The Kier molecular flexibility index (Phi) is 6.42. The van der Waals surface area contributed by atoms with Gasteiger partial charge in [0.25, 0.3) is 5.91 Å². The summed E-state index contributed by atoms with van der Waals surface area (Å²) >= 11 is 0. The van der Waals surface area contributed by atoms with Gasteiger partial charge in [0.15, 0.2) is 0 Å². The number of anilines is 1. The molecule has 1 atom stereocenters. The maximum atomic E-state index is 12.4. The molecule has 0 saturated heterocycles. The van der Waals surface area contributed by atoms with Crippen LogP contribution in [-0.2, 0) is 10.0 Å². The number of amides is 3. The molecule has 9 heteroatoms. The van der Waals surface area contributed by atoms with Crippen molar-refractivity contribution in [1.29, 1.82) is 0 Å². The number of primary sulfonamides is 1. The lowest BCUT2D eigenvalue weighted by atomic mass is 10.1. The van der Waals surface area contributed by atoms with E-state index < -0.39 is 16.1 Å². The van der Waals surface area contributed by atoms with Gasteiger partial charge < -0.3 is 15.5 Å². The van der Waals surface area contributed by atoms with Crippen molar-refractivity contribution in [3.63, 3.8) is 0 Å². The minimum atomic E-state index is -3.76. The van der Waals surface area contributed by atoms with Crippen LogP contribution in [0.2, 0.25) is 0 Å². The zero-order chi connectivity index (χ0) is 21.1. The summed E-state index contributed by atoms with van der Waals surface area (Å²) in [4.78, 5) is 25.9. The lowest BCUT2D eigenvalue weighted by Gasteiger charge is -2.17. The second-order valence-corrected chi connectivity index (χ2v) is 8.22. The van der Waals surface area contributed by atoms with Gasteiger partial charge in [0.1, 0.15) is 0 Å². The van der Waals surface area contributed by atoms with Crippen LogP contribution in [0.25, 0.3) is 0 Å². The number of nitrogens with two attached hydrogens (primary N) is 1. The molecule has 0 heterocycles. The average Bonchev–Trinajstić information content (AvgIpc) is 2.62. The van der Waals surface area contributed by atoms with E-state index in [2.05, 4.69) is 10.6 Å². The average molecular weight is 404 g/mol. The molecule has 2 aromatic rings. The zero-order valence-corrected chi connectivity index (χ0v) is 17.0. The molecule has 0 aliphatic carbocycles. The maximum absolute atomic E-state index is 12.4. The van der Waals surface area contributed by atoms with E-state index in [9.17, 15) is 18.0 Å². The topological polar surface area (TPSA) is 122 Å². The summed E-state index contributed by atoms with van der Waals surface area (Å²) in [5, 5.41) is 10.6. The number of hydrogen-bond donors (Lipinski definition) is 3. The van der Waals surface area contributed by atoms with Gasteiger partial charge in [-0.25, -0.2) is 18.4 Å². The normalized spacial score (nSPS) is 12.2. The Hall–Kier alpha value is -2.91. The Morgan fingerprint density at radius 1 is 1.07 bits per heavy atom. The zero-order valence-electron chi connectivity index (χ0n) is 16.2. The summed E-state index contributed by atoms with van der Waals surface area (Å²) in [6, 6.07) is 10.2. The molecular weight excluding hydrogens is 380 g/mol. The second kappa shape index (κ2) is 8.41. The number of urea groups is 1. The Morgan fingerprint density at radius 2 is 1.68 bits per heavy atom. The number of nitrogens with one attached hydrogen (secondary N) is 2. The molecule has 3 amide bonds. The molecule has 2 rings (SSSR count). The van der Waals surface area contributed by atoms with E-state index in [1.165, 1.54) is 17.0 Å². The maximum Gasteiger partial charge on any atom is 0.319 e. The predicted octanol–water partition coefficient (Wildman–Crippen LogP) is 2.23. The highest BCUT2D eigenvalue weighted by Crippen LogP contribution is 2.19. The molecule has 0 bridgehead atoms. The van der Waals surface area contributed by atoms with Crippen LogP contribution in [0.3, 0.4) is 0 Å². The van der Waals surface area contributed by atoms with Crippen molar-refractivity contribution in [1.82, 2.24) is 10.2 Å². The lowest BCUT2D eigenvalue weighted by molar-refractivity contribution is 0.0827. The standard InChI is InChI=1S/C19H24N4O4S/c1-12-5-6-15(18(24)23(3)4)11-17(12)22-19(25)21-13(2)14-7-9-16(10-8-14)28(20,26)27/h5-11,13H,1-4H3,(H2,20,26,27)(H2,21,22,25). The van der Waals surface area contributed by atoms with Gasteiger partial charge >= 0.3 is 6.03 Å². The molecule has 1 unspecified atom stereocenters. The van der Waals surface area contributed by atoms with Gasteiger partial charge in [-0.3, -0.25) is 4.79 Å². The summed E-state index contributed by atoms with van der Waals surface area (Å²) in [6.45, 7) is 3.60. The van der Waals surface area contributed by atoms with Crippen LogP contribution < -0.4 is 15.8 Å². The molecule has 8 nitrogen and oxygen atoms in total. The summed E-state index contributed by atoms with van der Waals surface area (Å²) < 4.78 is 22.6. The van der Waals surface area contributed by atoms with Crippen LogP contribution in [-0.4, -0.2) is 39.4 Å². The molecular formula is C19H24N4O4S. The molecule has 0 aromatic heterocycles. The SMILES string of the molecule is Cc1ccc(C(=O)N(C)C)cc1NC(=O)NC(C)c1ccc(S(N)(=O)=O)cc1. The molecule has 0 saturated carbocycles. The predicted molar refractivity (Wildman–Crippen MR) is 108 cm³/mol. The highest BCUT2D eigenvalue weighted by atomic mass is 32.2. The first kappa shape index (κ1) is 21.4. The fourth-order valence-electron chi connectivity index (χ4n) is 2.53. The molecule has 0 aliphatic rings. The van der Waals surface area contributed by atoms with Crippen LogP contribution in [0.4, 0.5) is 10.5 Å². The summed E-state index contributed by atoms with van der Waals surface area (Å²) in [5.41, 5.74) is 2.53. The third-order valence-corrected chi connectivity index (χ3v) is 5.12. The number of hydrogen-bond acceptors (Lipinski definition) is 4. The second-order valence-electron chi connectivity index (χ2n) is 6.66. The van der Waals surface area contributed by atoms with Crippen LogP contribution in [0, 0.1) is 6.92 Å². The fourth-order valence-corrected chi connectivity index (χ4v) is 3.05. The van der Waals surface area contributed by atoms with Crippen LogP contribution in [0.1, 0.15) is 34.5 Å². The smallest absolute Gasteiger partial charge is 0.319 e. The van der Waals surface area contributed by atoms with Crippen molar-refractivity contribution in [2.45, 2.75) is 24.8 Å². The van der Waals surface area contributed by atoms with Gasteiger partial charge in [-0.1, -0.05) is 18.2 Å². The van der Waals surface area contributed by atoms with Crippen molar-refractivity contribution < 1.29 is 18.0 Å². The summed E-state index contributed by atoms with van der Waals surface area (Å²) in [7, 11) is -0.447. The quantitative estimate of drug-likeness (QED) is 0.707. The first-order valence-electron chi connectivity index (χ1n) is 8.51. The monoisotopic (exact) mass is 404 g/mol. The van der Waals surface area contributed by atoms with E-state index in [1.807, 2.05) is 6.92 Å². The first-order chi connectivity index (χ1) is 13.0.